The second kappa shape index (κ2) is 5.97. The van der Waals surface area contributed by atoms with Crippen LogP contribution in [0.1, 0.15) is 31.9 Å². The van der Waals surface area contributed by atoms with Crippen molar-refractivity contribution in [2.75, 3.05) is 0 Å². The molecule has 0 unspecified atom stereocenters. The molecule has 19 heavy (non-hydrogen) atoms. The molecule has 0 amide bonds. The van der Waals surface area contributed by atoms with E-state index in [0.717, 1.165) is 11.1 Å². The van der Waals surface area contributed by atoms with Gasteiger partial charge in [-0.3, -0.25) is 9.59 Å². The molecular weight excluding hydrogens is 242 g/mol. The Bertz CT molecular complexity index is 457. The largest absolute Gasteiger partial charge is 0.480 e. The van der Waals surface area contributed by atoms with E-state index in [2.05, 4.69) is 0 Å². The van der Waals surface area contributed by atoms with Crippen LogP contribution in [0.5, 0.6) is 0 Å². The minimum Gasteiger partial charge on any atom is -0.480 e. The van der Waals surface area contributed by atoms with E-state index in [4.69, 9.17) is 10.8 Å². The number of carboxylic acid groups (broad SMARTS) is 1. The zero-order valence-electron chi connectivity index (χ0n) is 11.6. The van der Waals surface area contributed by atoms with Gasteiger partial charge in [-0.25, -0.2) is 0 Å². The molecule has 1 aromatic rings. The summed E-state index contributed by atoms with van der Waals surface area (Å²) in [5, 5.41) is 8.74. The predicted octanol–water partition coefficient (Wildman–Crippen LogP) is 1.80. The number of hydrogen-bond acceptors (Lipinski definition) is 3. The van der Waals surface area contributed by atoms with Gasteiger partial charge in [0, 0.05) is 11.8 Å². The Morgan fingerprint density at radius 3 is 2.05 bits per heavy atom. The molecule has 0 radical (unpaired) electrons. The fourth-order valence-corrected chi connectivity index (χ4v) is 1.59. The molecule has 0 spiro atoms. The van der Waals surface area contributed by atoms with E-state index in [1.54, 1.807) is 0 Å². The number of carboxylic acids is 1. The second-order valence-corrected chi connectivity index (χ2v) is 5.82. The molecule has 0 bridgehead atoms. The van der Waals surface area contributed by atoms with E-state index >= 15 is 0 Å². The van der Waals surface area contributed by atoms with Gasteiger partial charge in [-0.1, -0.05) is 45.0 Å². The third kappa shape index (κ3) is 4.83. The average molecular weight is 263 g/mol. The molecule has 104 valence electrons. The van der Waals surface area contributed by atoms with Crippen LogP contribution < -0.4 is 5.73 Å². The zero-order valence-corrected chi connectivity index (χ0v) is 11.6. The Hall–Kier alpha value is -1.68. The molecule has 3 N–H and O–H groups in total. The van der Waals surface area contributed by atoms with Gasteiger partial charge in [-0.2, -0.15) is 0 Å². The van der Waals surface area contributed by atoms with Crippen molar-refractivity contribution in [2.45, 2.75) is 39.7 Å². The number of carbonyl (C=O) groups excluding carboxylic acids is 1. The lowest BCUT2D eigenvalue weighted by Gasteiger charge is -2.16. The maximum atomic E-state index is 11.9. The lowest BCUT2D eigenvalue weighted by Crippen LogP contribution is -2.32. The highest BCUT2D eigenvalue weighted by molar-refractivity contribution is 5.85. The molecule has 0 aliphatic rings. The van der Waals surface area contributed by atoms with Crippen LogP contribution in [0.4, 0.5) is 0 Å². The summed E-state index contributed by atoms with van der Waals surface area (Å²) in [5.74, 6) is -0.825. The number of carbonyl (C=O) groups is 2. The molecule has 0 saturated carbocycles. The highest BCUT2D eigenvalue weighted by Gasteiger charge is 2.21. The quantitative estimate of drug-likeness (QED) is 0.848. The van der Waals surface area contributed by atoms with Crippen molar-refractivity contribution in [1.29, 1.82) is 0 Å². The topological polar surface area (TPSA) is 80.4 Å². The van der Waals surface area contributed by atoms with Gasteiger partial charge in [0.1, 0.15) is 11.8 Å². The van der Waals surface area contributed by atoms with Crippen LogP contribution in [0.2, 0.25) is 0 Å². The highest BCUT2D eigenvalue weighted by atomic mass is 16.4. The van der Waals surface area contributed by atoms with Gasteiger partial charge in [-0.05, 0) is 17.5 Å². The van der Waals surface area contributed by atoms with Crippen molar-refractivity contribution < 1.29 is 14.7 Å². The van der Waals surface area contributed by atoms with Crippen molar-refractivity contribution in [2.24, 2.45) is 11.1 Å². The van der Waals surface area contributed by atoms with Crippen LogP contribution in [0.25, 0.3) is 0 Å². The van der Waals surface area contributed by atoms with E-state index in [9.17, 15) is 9.59 Å². The van der Waals surface area contributed by atoms with Gasteiger partial charge in [0.25, 0.3) is 0 Å². The summed E-state index contributed by atoms with van der Waals surface area (Å²) < 4.78 is 0. The monoisotopic (exact) mass is 263 g/mol. The smallest absolute Gasteiger partial charge is 0.320 e. The summed E-state index contributed by atoms with van der Waals surface area (Å²) in [6, 6.07) is 6.48. The molecule has 0 aliphatic carbocycles. The molecule has 4 heteroatoms. The standard InChI is InChI=1S/C15H21NO3/c1-15(2,3)13(17)9-11-6-4-10(5-7-11)8-12(16)14(18)19/h4-7,12H,8-9,16H2,1-3H3,(H,18,19)/t12-/m0/s1. The normalized spacial score (nSPS) is 13.1. The molecule has 1 atom stereocenters. The van der Waals surface area contributed by atoms with Gasteiger partial charge in [-0.15, -0.1) is 0 Å². The minimum absolute atomic E-state index is 0.183. The Morgan fingerprint density at radius 1 is 1.16 bits per heavy atom. The van der Waals surface area contributed by atoms with Crippen molar-refractivity contribution in [1.82, 2.24) is 0 Å². The maximum Gasteiger partial charge on any atom is 0.320 e. The van der Waals surface area contributed by atoms with Crippen LogP contribution in [-0.4, -0.2) is 22.9 Å². The van der Waals surface area contributed by atoms with E-state index < -0.39 is 12.0 Å². The lowest BCUT2D eigenvalue weighted by molar-refractivity contribution is -0.138. The number of nitrogens with two attached hydrogens (primary N) is 1. The fraction of sp³-hybridized carbons (Fsp3) is 0.467. The lowest BCUT2D eigenvalue weighted by atomic mass is 9.87. The number of ketones is 1. The summed E-state index contributed by atoms with van der Waals surface area (Å²) in [6.07, 6.45) is 0.692. The third-order valence-electron chi connectivity index (χ3n) is 3.00. The number of benzene rings is 1. The van der Waals surface area contributed by atoms with E-state index in [1.807, 2.05) is 45.0 Å². The van der Waals surface area contributed by atoms with Crippen LogP contribution >= 0.6 is 0 Å². The molecule has 0 aliphatic heterocycles. The van der Waals surface area contributed by atoms with Gasteiger partial charge in [0.15, 0.2) is 0 Å². The minimum atomic E-state index is -1.01. The third-order valence-corrected chi connectivity index (χ3v) is 3.00. The number of hydrogen-bond donors (Lipinski definition) is 2. The van der Waals surface area contributed by atoms with Crippen molar-refractivity contribution in [3.63, 3.8) is 0 Å². The van der Waals surface area contributed by atoms with Crippen LogP contribution in [0.3, 0.4) is 0 Å². The summed E-state index contributed by atoms with van der Waals surface area (Å²) in [5.41, 5.74) is 6.93. The molecule has 0 aromatic heterocycles. The first-order valence-corrected chi connectivity index (χ1v) is 6.29. The van der Waals surface area contributed by atoms with Gasteiger partial charge in [0.2, 0.25) is 0 Å². The van der Waals surface area contributed by atoms with Crippen LogP contribution in [0.15, 0.2) is 24.3 Å². The number of rotatable bonds is 5. The average Bonchev–Trinajstić information content (AvgIpc) is 2.30. The first-order chi connectivity index (χ1) is 8.70. The van der Waals surface area contributed by atoms with Gasteiger partial charge < -0.3 is 10.8 Å². The molecule has 1 aromatic carbocycles. The van der Waals surface area contributed by atoms with Crippen molar-refractivity contribution >= 4 is 11.8 Å². The molecule has 0 fully saturated rings. The molecular formula is C15H21NO3. The van der Waals surface area contributed by atoms with Crippen molar-refractivity contribution in [3.8, 4) is 0 Å². The Morgan fingerprint density at radius 2 is 1.63 bits per heavy atom. The van der Waals surface area contributed by atoms with Crippen molar-refractivity contribution in [3.05, 3.63) is 35.4 Å². The van der Waals surface area contributed by atoms with E-state index in [-0.39, 0.29) is 11.2 Å². The first kappa shape index (κ1) is 15.4. The number of aliphatic carboxylic acids is 1. The molecule has 1 rings (SSSR count). The highest BCUT2D eigenvalue weighted by Crippen LogP contribution is 2.18. The summed E-state index contributed by atoms with van der Waals surface area (Å²) >= 11 is 0. The zero-order chi connectivity index (χ0) is 14.6. The molecule has 0 heterocycles. The van der Waals surface area contributed by atoms with Crippen LogP contribution in [-0.2, 0) is 22.4 Å². The van der Waals surface area contributed by atoms with Gasteiger partial charge >= 0.3 is 5.97 Å². The molecule has 0 saturated heterocycles. The number of Topliss-reactive ketones (excluding diaryl/α,β-unsaturated/α-hetero) is 1. The Labute approximate surface area is 113 Å². The fourth-order valence-electron chi connectivity index (χ4n) is 1.59. The van der Waals surface area contributed by atoms with E-state index in [1.165, 1.54) is 0 Å². The second-order valence-electron chi connectivity index (χ2n) is 5.82. The summed E-state index contributed by atoms with van der Waals surface area (Å²) in [6.45, 7) is 5.70. The van der Waals surface area contributed by atoms with E-state index in [0.29, 0.717) is 12.8 Å². The Kier molecular flexibility index (Phi) is 4.84. The SMILES string of the molecule is CC(C)(C)C(=O)Cc1ccc(C[C@H](N)C(=O)O)cc1. The summed E-state index contributed by atoms with van der Waals surface area (Å²) in [7, 11) is 0. The van der Waals surface area contributed by atoms with Gasteiger partial charge in [0.05, 0.1) is 0 Å². The molecule has 4 nitrogen and oxygen atoms in total. The Balaban J connectivity index is 2.67. The van der Waals surface area contributed by atoms with Crippen LogP contribution in [0, 0.1) is 5.41 Å². The first-order valence-electron chi connectivity index (χ1n) is 6.29. The predicted molar refractivity (Wildman–Crippen MR) is 73.9 cm³/mol. The maximum absolute atomic E-state index is 11.9. The summed E-state index contributed by atoms with van der Waals surface area (Å²) in [4.78, 5) is 22.5.